The van der Waals surface area contributed by atoms with Crippen LogP contribution in [-0.2, 0) is 23.8 Å². The smallest absolute Gasteiger partial charge is 0.338 e. The third kappa shape index (κ3) is 10.5. The minimum absolute atomic E-state index is 0.0126. The lowest BCUT2D eigenvalue weighted by Gasteiger charge is -2.19. The van der Waals surface area contributed by atoms with Gasteiger partial charge in [0.2, 0.25) is 0 Å². The lowest BCUT2D eigenvalue weighted by atomic mass is 10.0. The standard InChI is InChI=1S/C18H21NO8.C18H15P/c1-18(2,3)27-17(22)12-7-6-11(14(9-12)19(23)24)8-13(16(21)26-5)10-15(20)25-4;1-4-10-16(11-5-1)19(17-12-6-2-7-13-17)18-14-8-3-9-15-18/h6-9H,10H2,1-5H3;1-15H/b13-8-;. The quantitative estimate of drug-likeness (QED) is 0.0536. The molecule has 0 spiro atoms. The van der Waals surface area contributed by atoms with Crippen molar-refractivity contribution in [2.75, 3.05) is 14.2 Å². The van der Waals surface area contributed by atoms with Crippen LogP contribution in [0.1, 0.15) is 43.1 Å². The van der Waals surface area contributed by atoms with Gasteiger partial charge in [0.05, 0.1) is 36.7 Å². The van der Waals surface area contributed by atoms with Gasteiger partial charge in [0.1, 0.15) is 5.60 Å². The Morgan fingerprint density at radius 3 is 1.63 bits per heavy atom. The molecule has 0 aliphatic heterocycles. The van der Waals surface area contributed by atoms with Crippen LogP contribution in [0.2, 0.25) is 0 Å². The Balaban J connectivity index is 0.000000264. The van der Waals surface area contributed by atoms with E-state index in [1.54, 1.807) is 20.8 Å². The van der Waals surface area contributed by atoms with E-state index in [-0.39, 0.29) is 16.7 Å². The van der Waals surface area contributed by atoms with E-state index >= 15 is 0 Å². The summed E-state index contributed by atoms with van der Waals surface area (Å²) in [4.78, 5) is 46.1. The van der Waals surface area contributed by atoms with Crippen LogP contribution < -0.4 is 15.9 Å². The monoisotopic (exact) mass is 641 g/mol. The van der Waals surface area contributed by atoms with E-state index in [1.807, 2.05) is 0 Å². The molecule has 0 aliphatic rings. The van der Waals surface area contributed by atoms with E-state index < -0.39 is 48.5 Å². The minimum atomic E-state index is -0.828. The molecule has 0 heterocycles. The highest BCUT2D eigenvalue weighted by molar-refractivity contribution is 7.79. The van der Waals surface area contributed by atoms with Gasteiger partial charge >= 0.3 is 17.9 Å². The Bertz CT molecular complexity index is 1570. The number of nitro groups is 1. The van der Waals surface area contributed by atoms with Gasteiger partial charge in [-0.1, -0.05) is 91.0 Å². The van der Waals surface area contributed by atoms with Gasteiger partial charge in [-0.3, -0.25) is 14.9 Å². The molecular weight excluding hydrogens is 605 g/mol. The molecule has 0 saturated heterocycles. The van der Waals surface area contributed by atoms with Crippen LogP contribution in [0, 0.1) is 10.1 Å². The fourth-order valence-electron chi connectivity index (χ4n) is 4.19. The molecule has 0 unspecified atom stereocenters. The van der Waals surface area contributed by atoms with Crippen molar-refractivity contribution in [1.82, 2.24) is 0 Å². The molecule has 4 aromatic rings. The van der Waals surface area contributed by atoms with E-state index in [2.05, 4.69) is 100 Å². The van der Waals surface area contributed by atoms with Crippen LogP contribution in [0.5, 0.6) is 0 Å². The van der Waals surface area contributed by atoms with Crippen LogP contribution in [0.4, 0.5) is 5.69 Å². The SMILES string of the molecule is COC(=O)C/C(=C/c1ccc(C(=O)OC(C)(C)C)cc1[N+](=O)[O-])C(=O)OC.c1ccc(P(c2ccccc2)c2ccccc2)cc1. The topological polar surface area (TPSA) is 122 Å². The number of carbonyl (C=O) groups is 3. The van der Waals surface area contributed by atoms with Crippen LogP contribution in [0.15, 0.2) is 115 Å². The van der Waals surface area contributed by atoms with E-state index in [1.165, 1.54) is 28.0 Å². The lowest BCUT2D eigenvalue weighted by Crippen LogP contribution is -2.23. The average Bonchev–Trinajstić information content (AvgIpc) is 3.05. The molecule has 46 heavy (non-hydrogen) atoms. The molecule has 4 rings (SSSR count). The number of nitrogens with zero attached hydrogens (tertiary/aromatic N) is 1. The Hall–Kier alpha value is -5.14. The summed E-state index contributed by atoms with van der Waals surface area (Å²) in [5.74, 6) is -2.26. The summed E-state index contributed by atoms with van der Waals surface area (Å²) in [6.45, 7) is 5.02. The molecule has 9 nitrogen and oxygen atoms in total. The van der Waals surface area contributed by atoms with Gasteiger partial charge in [0.15, 0.2) is 0 Å². The first-order valence-corrected chi connectivity index (χ1v) is 15.6. The van der Waals surface area contributed by atoms with Gasteiger partial charge in [-0.25, -0.2) is 9.59 Å². The molecule has 0 N–H and O–H groups in total. The molecule has 0 aliphatic carbocycles. The third-order valence-corrected chi connectivity index (χ3v) is 8.69. The number of benzene rings is 4. The van der Waals surface area contributed by atoms with Crippen LogP contribution in [0.3, 0.4) is 0 Å². The predicted octanol–water partition coefficient (Wildman–Crippen LogP) is 6.11. The maximum Gasteiger partial charge on any atom is 0.338 e. The van der Waals surface area contributed by atoms with Crippen molar-refractivity contribution in [3.63, 3.8) is 0 Å². The summed E-state index contributed by atoms with van der Waals surface area (Å²) in [5, 5.41) is 15.6. The summed E-state index contributed by atoms with van der Waals surface area (Å²) in [6.07, 6.45) is 0.730. The Morgan fingerprint density at radius 1 is 0.761 bits per heavy atom. The first-order valence-electron chi connectivity index (χ1n) is 14.3. The van der Waals surface area contributed by atoms with Gasteiger partial charge < -0.3 is 14.2 Å². The first kappa shape index (κ1) is 35.3. The second-order valence-electron chi connectivity index (χ2n) is 10.8. The van der Waals surface area contributed by atoms with Crippen molar-refractivity contribution in [2.45, 2.75) is 32.8 Å². The number of hydrogen-bond acceptors (Lipinski definition) is 8. The first-order chi connectivity index (χ1) is 21.9. The number of methoxy groups -OCH3 is 2. The van der Waals surface area contributed by atoms with Crippen molar-refractivity contribution >= 4 is 53.5 Å². The van der Waals surface area contributed by atoms with Crippen LogP contribution >= 0.6 is 7.92 Å². The normalized spacial score (nSPS) is 11.1. The Morgan fingerprint density at radius 2 is 1.24 bits per heavy atom. The summed E-state index contributed by atoms with van der Waals surface area (Å²) in [7, 11) is 1.82. The number of ether oxygens (including phenoxy) is 3. The maximum atomic E-state index is 12.1. The van der Waals surface area contributed by atoms with Gasteiger partial charge in [-0.05, 0) is 62.8 Å². The van der Waals surface area contributed by atoms with E-state index in [0.29, 0.717) is 0 Å². The molecule has 10 heteroatoms. The second-order valence-corrected chi connectivity index (χ2v) is 13.0. The molecular formula is C36H36NO8P. The van der Waals surface area contributed by atoms with Crippen molar-refractivity contribution < 1.29 is 33.5 Å². The number of hydrogen-bond donors (Lipinski definition) is 0. The van der Waals surface area contributed by atoms with Gasteiger partial charge in [0, 0.05) is 11.6 Å². The molecule has 4 aromatic carbocycles. The Labute approximate surface area is 269 Å². The lowest BCUT2D eigenvalue weighted by molar-refractivity contribution is -0.385. The average molecular weight is 642 g/mol. The zero-order valence-electron chi connectivity index (χ0n) is 26.3. The molecule has 0 bridgehead atoms. The molecule has 0 radical (unpaired) electrons. The fraction of sp³-hybridized carbons (Fsp3) is 0.194. The van der Waals surface area contributed by atoms with Crippen LogP contribution in [0.25, 0.3) is 6.08 Å². The number of carbonyl (C=O) groups excluding carboxylic acids is 3. The highest BCUT2D eigenvalue weighted by Crippen LogP contribution is 2.32. The largest absolute Gasteiger partial charge is 0.469 e. The number of esters is 3. The summed E-state index contributed by atoms with van der Waals surface area (Å²) in [6, 6.07) is 36.0. The van der Waals surface area contributed by atoms with Crippen molar-refractivity contribution in [2.24, 2.45) is 0 Å². The third-order valence-electron chi connectivity index (χ3n) is 6.24. The molecule has 0 amide bonds. The maximum absolute atomic E-state index is 12.1. The summed E-state index contributed by atoms with van der Waals surface area (Å²) < 4.78 is 14.3. The van der Waals surface area contributed by atoms with Crippen LogP contribution in [-0.4, -0.2) is 42.7 Å². The van der Waals surface area contributed by atoms with Gasteiger partial charge in [-0.2, -0.15) is 0 Å². The second kappa shape index (κ2) is 16.8. The molecule has 238 valence electrons. The number of nitro benzene ring substituents is 1. The molecule has 0 saturated carbocycles. The van der Waals surface area contributed by atoms with Gasteiger partial charge in [-0.15, -0.1) is 0 Å². The summed E-state index contributed by atoms with van der Waals surface area (Å²) in [5.41, 5.74) is -1.30. The molecule has 0 fully saturated rings. The van der Waals surface area contributed by atoms with Crippen molar-refractivity contribution in [1.29, 1.82) is 0 Å². The molecule has 0 atom stereocenters. The van der Waals surface area contributed by atoms with E-state index in [9.17, 15) is 24.5 Å². The van der Waals surface area contributed by atoms with Crippen molar-refractivity contribution in [3.8, 4) is 0 Å². The zero-order chi connectivity index (χ0) is 33.7. The van der Waals surface area contributed by atoms with E-state index in [0.717, 1.165) is 26.4 Å². The Kier molecular flexibility index (Phi) is 12.9. The minimum Gasteiger partial charge on any atom is -0.469 e. The highest BCUT2D eigenvalue weighted by atomic mass is 31.1. The fourth-order valence-corrected chi connectivity index (χ4v) is 6.50. The predicted molar refractivity (Wildman–Crippen MR) is 180 cm³/mol. The zero-order valence-corrected chi connectivity index (χ0v) is 27.2. The summed E-state index contributed by atoms with van der Waals surface area (Å²) >= 11 is 0. The van der Waals surface area contributed by atoms with E-state index in [4.69, 9.17) is 4.74 Å². The van der Waals surface area contributed by atoms with Gasteiger partial charge in [0.25, 0.3) is 5.69 Å². The number of rotatable bonds is 9. The highest BCUT2D eigenvalue weighted by Gasteiger charge is 2.23. The van der Waals surface area contributed by atoms with Crippen molar-refractivity contribution in [3.05, 3.63) is 136 Å². The molecule has 0 aromatic heterocycles.